The summed E-state index contributed by atoms with van der Waals surface area (Å²) in [6, 6.07) is 89.9. The molecular formula is C99H90BN5. The highest BCUT2D eigenvalue weighted by atomic mass is 15.2. The lowest BCUT2D eigenvalue weighted by molar-refractivity contribution is 0.569. The summed E-state index contributed by atoms with van der Waals surface area (Å²) in [4.78, 5) is 4.99. The second-order valence-corrected chi connectivity index (χ2v) is 34.2. The predicted octanol–water partition coefficient (Wildman–Crippen LogP) is 25.0. The molecule has 2 aliphatic heterocycles. The van der Waals surface area contributed by atoms with Crippen molar-refractivity contribution in [1.82, 2.24) is 9.13 Å². The standard InChI is InChI=1S/C99H90BN5/c1-95(2,3)69-42-45-78-79-46-43-70(96(4,5)6)57-89(79)103(88(78)56-69)75-59-91-93-92(60-75)105(94-80(63-31-21-17-22-32-63)54-73(99(13,14)15)55-81(94)64-33-23-18-24-34-64)86-48-41-65(62-29-19-16-20-30-62)51-83(86)100(93)82-47-40-66(68-49-71(97(7,8)9)53-72(50-68)98(10,11)12)52-90(82)102(91)74-44-39-67(61-101)87(58-74)104-84-37-27-25-35-76(84)77-36-26-28-38-85(77)104/h16-60H,1-15H3/i16D,19D,20D,29D,30D. The van der Waals surface area contributed by atoms with Crippen LogP contribution < -0.4 is 26.2 Å². The Balaban J connectivity index is 1.10. The Morgan fingerprint density at radius 1 is 0.314 bits per heavy atom. The van der Waals surface area contributed by atoms with E-state index in [1.807, 2.05) is 12.1 Å². The van der Waals surface area contributed by atoms with E-state index in [9.17, 15) is 10.7 Å². The van der Waals surface area contributed by atoms with Crippen LogP contribution in [0.25, 0.3) is 99.5 Å². The molecule has 13 aromatic carbocycles. The summed E-state index contributed by atoms with van der Waals surface area (Å²) in [5, 5.41) is 16.0. The minimum atomic E-state index is -0.557. The first kappa shape index (κ1) is 61.1. The van der Waals surface area contributed by atoms with E-state index in [1.165, 1.54) is 22.3 Å². The van der Waals surface area contributed by atoms with Crippen LogP contribution in [0.4, 0.5) is 34.1 Å². The van der Waals surface area contributed by atoms with Gasteiger partial charge in [-0.2, -0.15) is 5.26 Å². The fourth-order valence-corrected chi connectivity index (χ4v) is 16.4. The summed E-state index contributed by atoms with van der Waals surface area (Å²) in [6.07, 6.45) is 0. The fourth-order valence-electron chi connectivity index (χ4n) is 16.4. The quantitative estimate of drug-likeness (QED) is 0.142. The van der Waals surface area contributed by atoms with Gasteiger partial charge in [-0.3, -0.25) is 0 Å². The van der Waals surface area contributed by atoms with Crippen molar-refractivity contribution in [2.45, 2.75) is 131 Å². The molecule has 0 amide bonds. The maximum Gasteiger partial charge on any atom is 0.252 e. The highest BCUT2D eigenvalue weighted by Crippen LogP contribution is 2.54. The van der Waals surface area contributed by atoms with Crippen LogP contribution in [0.2, 0.25) is 0 Å². The summed E-state index contributed by atoms with van der Waals surface area (Å²) in [7, 11) is 0. The van der Waals surface area contributed by atoms with Crippen LogP contribution in [0, 0.1) is 11.3 Å². The van der Waals surface area contributed by atoms with Crippen molar-refractivity contribution in [2.24, 2.45) is 0 Å². The molecule has 0 N–H and O–H groups in total. The Morgan fingerprint density at radius 3 is 1.32 bits per heavy atom. The lowest BCUT2D eigenvalue weighted by Gasteiger charge is -2.45. The van der Waals surface area contributed by atoms with Crippen LogP contribution in [0.5, 0.6) is 0 Å². The van der Waals surface area contributed by atoms with E-state index in [0.29, 0.717) is 11.1 Å². The van der Waals surface area contributed by atoms with Gasteiger partial charge in [-0.05, 0) is 184 Å². The number of aromatic nitrogens is 2. The van der Waals surface area contributed by atoms with Crippen LogP contribution in [-0.2, 0) is 27.1 Å². The van der Waals surface area contributed by atoms with Gasteiger partial charge in [-0.1, -0.05) is 298 Å². The Bertz CT molecular complexity index is 6150. The van der Waals surface area contributed by atoms with Gasteiger partial charge in [0.25, 0.3) is 6.71 Å². The number of rotatable bonds is 8. The molecule has 2 aliphatic rings. The first-order valence-electron chi connectivity index (χ1n) is 39.5. The molecule has 0 bridgehead atoms. The zero-order valence-electron chi connectivity index (χ0n) is 67.9. The number of nitrogens with zero attached hydrogens (tertiary/aromatic N) is 5. The number of benzene rings is 13. The second-order valence-electron chi connectivity index (χ2n) is 34.2. The van der Waals surface area contributed by atoms with Gasteiger partial charge in [0.05, 0.1) is 51.5 Å². The third-order valence-corrected chi connectivity index (χ3v) is 22.1. The largest absolute Gasteiger partial charge is 0.311 e. The van der Waals surface area contributed by atoms with Gasteiger partial charge < -0.3 is 18.9 Å². The molecule has 0 aliphatic carbocycles. The molecule has 0 unspecified atom stereocenters. The molecule has 15 aromatic rings. The summed E-state index contributed by atoms with van der Waals surface area (Å²) in [6.45, 7) is 33.8. The first-order chi connectivity index (χ1) is 52.3. The van der Waals surface area contributed by atoms with Crippen molar-refractivity contribution in [1.29, 1.82) is 5.26 Å². The summed E-state index contributed by atoms with van der Waals surface area (Å²) < 4.78 is 51.4. The van der Waals surface area contributed by atoms with Gasteiger partial charge in [0.1, 0.15) is 6.07 Å². The van der Waals surface area contributed by atoms with E-state index in [0.717, 1.165) is 144 Å². The maximum atomic E-state index is 11.6. The topological polar surface area (TPSA) is 40.1 Å². The van der Waals surface area contributed by atoms with Crippen LogP contribution in [0.1, 0.15) is 144 Å². The summed E-state index contributed by atoms with van der Waals surface area (Å²) in [5.41, 5.74) is 26.4. The van der Waals surface area contributed by atoms with Crippen molar-refractivity contribution < 1.29 is 6.85 Å². The van der Waals surface area contributed by atoms with Crippen LogP contribution in [0.15, 0.2) is 273 Å². The molecule has 514 valence electrons. The molecule has 0 saturated carbocycles. The number of anilines is 6. The van der Waals surface area contributed by atoms with Crippen molar-refractivity contribution >= 4 is 101 Å². The van der Waals surface area contributed by atoms with E-state index < -0.39 is 24.8 Å². The molecule has 0 saturated heterocycles. The van der Waals surface area contributed by atoms with Gasteiger partial charge in [0.15, 0.2) is 0 Å². The highest BCUT2D eigenvalue weighted by molar-refractivity contribution is 7.00. The van der Waals surface area contributed by atoms with Gasteiger partial charge in [-0.15, -0.1) is 0 Å². The van der Waals surface area contributed by atoms with E-state index in [1.54, 1.807) is 0 Å². The SMILES string of the molecule is [2H]c1c([2H])c([2H])c(-c2ccc3c(c2)B2c4ccc(-c5cc(C(C)(C)C)cc(C(C)(C)C)c5)cc4N(c4ccc(C#N)c(-n5c6ccccc6c6ccccc65)c4)c4cc(-n5c6cc(C(C)(C)C)ccc6c6ccc(C(C)(C)C)cc65)cc(c42)N3c2c(-c3ccccc3)cc(C(C)(C)C)cc2-c2ccccc2)c([2H])c1[2H]. The monoisotopic (exact) mass is 1360 g/mol. The molecule has 6 heteroatoms. The van der Waals surface area contributed by atoms with Gasteiger partial charge in [0.2, 0.25) is 0 Å². The number of hydrogen-bond donors (Lipinski definition) is 0. The lowest BCUT2D eigenvalue weighted by Crippen LogP contribution is -2.61. The highest BCUT2D eigenvalue weighted by Gasteiger charge is 2.46. The summed E-state index contributed by atoms with van der Waals surface area (Å²) in [5.74, 6) is 0. The Kier molecular flexibility index (Phi) is 14.2. The maximum absolute atomic E-state index is 11.6. The molecule has 0 atom stereocenters. The second kappa shape index (κ2) is 24.4. The minimum absolute atomic E-state index is 0.128. The molecule has 2 aromatic heterocycles. The van der Waals surface area contributed by atoms with Crippen molar-refractivity contribution in [3.05, 3.63) is 306 Å². The van der Waals surface area contributed by atoms with E-state index in [4.69, 9.17) is 1.37 Å². The van der Waals surface area contributed by atoms with E-state index in [-0.39, 0.29) is 44.7 Å². The normalized spacial score (nSPS) is 13.9. The Hall–Kier alpha value is -11.4. The smallest absolute Gasteiger partial charge is 0.252 e. The van der Waals surface area contributed by atoms with Crippen molar-refractivity contribution in [3.63, 3.8) is 0 Å². The molecule has 17 rings (SSSR count). The minimum Gasteiger partial charge on any atom is -0.311 e. The van der Waals surface area contributed by atoms with Crippen LogP contribution in [0.3, 0.4) is 0 Å². The first-order valence-corrected chi connectivity index (χ1v) is 37.0. The lowest BCUT2D eigenvalue weighted by atomic mass is 9.33. The molecule has 5 nitrogen and oxygen atoms in total. The average molecular weight is 1370 g/mol. The zero-order valence-corrected chi connectivity index (χ0v) is 62.9. The van der Waals surface area contributed by atoms with Crippen LogP contribution >= 0.6 is 0 Å². The number of nitriles is 1. The van der Waals surface area contributed by atoms with E-state index >= 15 is 0 Å². The van der Waals surface area contributed by atoms with Crippen molar-refractivity contribution in [3.8, 4) is 62.0 Å². The average Bonchev–Trinajstić information content (AvgIpc) is 0.778. The zero-order chi connectivity index (χ0) is 77.3. The molecular weight excluding hydrogens is 1270 g/mol. The number of fused-ring (bicyclic) bond motifs is 10. The molecule has 0 spiro atoms. The molecule has 0 radical (unpaired) electrons. The molecule has 0 fully saturated rings. The molecule has 4 heterocycles. The Labute approximate surface area is 627 Å². The summed E-state index contributed by atoms with van der Waals surface area (Å²) >= 11 is 0. The van der Waals surface area contributed by atoms with Gasteiger partial charge in [0, 0.05) is 61.1 Å². The third kappa shape index (κ3) is 11.3. The molecule has 105 heavy (non-hydrogen) atoms. The van der Waals surface area contributed by atoms with E-state index in [2.05, 4.69) is 359 Å². The van der Waals surface area contributed by atoms with Crippen molar-refractivity contribution in [2.75, 3.05) is 9.80 Å². The van der Waals surface area contributed by atoms with Gasteiger partial charge >= 0.3 is 0 Å². The number of para-hydroxylation sites is 2. The van der Waals surface area contributed by atoms with Gasteiger partial charge in [-0.25, -0.2) is 0 Å². The third-order valence-electron chi connectivity index (χ3n) is 22.1. The Morgan fingerprint density at radius 2 is 0.790 bits per heavy atom. The fraction of sp³-hybridized carbons (Fsp3) is 0.202. The predicted molar refractivity (Wildman–Crippen MR) is 449 cm³/mol. The van der Waals surface area contributed by atoms with Crippen LogP contribution in [-0.4, -0.2) is 15.8 Å². The number of hydrogen-bond acceptors (Lipinski definition) is 3.